The van der Waals surface area contributed by atoms with Crippen LogP contribution in [-0.2, 0) is 16.4 Å². The summed E-state index contributed by atoms with van der Waals surface area (Å²) < 4.78 is 38.2. The largest absolute Gasteiger partial charge is 0.451 e. The molecule has 4 fully saturated rings. The number of hydrogen-bond acceptors (Lipinski definition) is 3. The number of carbonyl (C=O) groups is 1. The zero-order chi connectivity index (χ0) is 19.6. The number of nitrogens with zero attached hydrogens (tertiary/aromatic N) is 2. The second-order valence-corrected chi connectivity index (χ2v) is 8.85. The van der Waals surface area contributed by atoms with Crippen LogP contribution in [0, 0.1) is 17.3 Å². The van der Waals surface area contributed by atoms with Gasteiger partial charge in [-0.1, -0.05) is 30.3 Å². The number of halogens is 3. The Bertz CT molecular complexity index is 894. The molecule has 6 rings (SSSR count). The van der Waals surface area contributed by atoms with E-state index in [1.807, 2.05) is 23.3 Å². The van der Waals surface area contributed by atoms with Gasteiger partial charge in [-0.25, -0.2) is 0 Å². The van der Waals surface area contributed by atoms with E-state index in [4.69, 9.17) is 0 Å². The maximum absolute atomic E-state index is 13.2. The molecule has 5 nitrogen and oxygen atoms in total. The third-order valence-corrected chi connectivity index (χ3v) is 6.91. The highest BCUT2D eigenvalue weighted by Gasteiger charge is 2.61. The van der Waals surface area contributed by atoms with Crippen molar-refractivity contribution in [3.63, 3.8) is 0 Å². The molecule has 2 unspecified atom stereocenters. The molecule has 2 aromatic rings. The molecule has 8 heteroatoms. The van der Waals surface area contributed by atoms with Crippen molar-refractivity contribution in [3.8, 4) is 0 Å². The minimum absolute atomic E-state index is 0.0151. The summed E-state index contributed by atoms with van der Waals surface area (Å²) in [5, 5.41) is 7.96. The molecule has 0 radical (unpaired) electrons. The highest BCUT2D eigenvalue weighted by Crippen LogP contribution is 2.65. The molecule has 0 spiro atoms. The maximum Gasteiger partial charge on any atom is 0.451 e. The van der Waals surface area contributed by atoms with Gasteiger partial charge in [0.1, 0.15) is 0 Å². The van der Waals surface area contributed by atoms with Crippen molar-refractivity contribution >= 4 is 11.9 Å². The van der Waals surface area contributed by atoms with Gasteiger partial charge in [0.2, 0.25) is 17.7 Å². The lowest BCUT2D eigenvalue weighted by Gasteiger charge is -2.61. The summed E-state index contributed by atoms with van der Waals surface area (Å²) in [6, 6.07) is 10.3. The molecule has 148 valence electrons. The second kappa shape index (κ2) is 5.81. The Hall–Kier alpha value is -2.38. The van der Waals surface area contributed by atoms with Crippen LogP contribution in [0.3, 0.4) is 0 Å². The molecule has 0 aliphatic heterocycles. The first kappa shape index (κ1) is 17.7. The van der Waals surface area contributed by atoms with Crippen molar-refractivity contribution in [2.24, 2.45) is 17.3 Å². The summed E-state index contributed by atoms with van der Waals surface area (Å²) in [6.45, 7) is 0. The number of rotatable bonds is 3. The molecular formula is C20H21F3N4O. The molecule has 1 amide bonds. The SMILES string of the molecule is O=C(Nc1n[nH]c(C(F)(F)F)n1)C12C[C@H]3C[C@@H](C1)CC(c1ccccc1)(C3)C2. The molecule has 1 aromatic heterocycles. The number of nitrogens with one attached hydrogen (secondary N) is 2. The molecule has 4 atom stereocenters. The Labute approximate surface area is 160 Å². The molecule has 2 N–H and O–H groups in total. The van der Waals surface area contributed by atoms with Crippen LogP contribution in [0.2, 0.25) is 0 Å². The van der Waals surface area contributed by atoms with Crippen LogP contribution < -0.4 is 5.32 Å². The van der Waals surface area contributed by atoms with Crippen LogP contribution in [-0.4, -0.2) is 21.1 Å². The standard InChI is InChI=1S/C20H21F3N4O/c21-20(22,23)15-24-17(27-26-15)25-16(28)19-9-12-6-13(10-19)8-18(7-12,11-19)14-4-2-1-3-5-14/h1-5,12-13H,6-11H2,(H2,24,25,26,27,28)/t12-,13+,18?,19?. The number of carbonyl (C=O) groups excluding carboxylic acids is 1. The Balaban J connectivity index is 1.43. The molecule has 1 heterocycles. The van der Waals surface area contributed by atoms with Crippen molar-refractivity contribution in [1.82, 2.24) is 15.2 Å². The van der Waals surface area contributed by atoms with E-state index < -0.39 is 17.4 Å². The lowest BCUT2D eigenvalue weighted by molar-refractivity contribution is -0.145. The zero-order valence-corrected chi connectivity index (χ0v) is 15.2. The maximum atomic E-state index is 13.2. The minimum Gasteiger partial charge on any atom is -0.293 e. The van der Waals surface area contributed by atoms with Gasteiger partial charge >= 0.3 is 6.18 Å². The number of benzene rings is 1. The number of anilines is 1. The average molecular weight is 390 g/mol. The molecule has 28 heavy (non-hydrogen) atoms. The summed E-state index contributed by atoms with van der Waals surface area (Å²) >= 11 is 0. The van der Waals surface area contributed by atoms with Gasteiger partial charge in [0.15, 0.2) is 0 Å². The highest BCUT2D eigenvalue weighted by molar-refractivity contribution is 5.94. The minimum atomic E-state index is -4.62. The van der Waals surface area contributed by atoms with E-state index in [1.165, 1.54) is 5.56 Å². The van der Waals surface area contributed by atoms with E-state index in [1.54, 1.807) is 0 Å². The summed E-state index contributed by atoms with van der Waals surface area (Å²) in [7, 11) is 0. The van der Waals surface area contributed by atoms with E-state index >= 15 is 0 Å². The normalized spacial score (nSPS) is 33.8. The van der Waals surface area contributed by atoms with Crippen molar-refractivity contribution in [1.29, 1.82) is 0 Å². The summed E-state index contributed by atoms with van der Waals surface area (Å²) in [6.07, 6.45) is 1.01. The fraction of sp³-hybridized carbons (Fsp3) is 0.550. The second-order valence-electron chi connectivity index (χ2n) is 8.85. The van der Waals surface area contributed by atoms with Crippen molar-refractivity contribution in [3.05, 3.63) is 41.7 Å². The molecule has 4 aliphatic rings. The van der Waals surface area contributed by atoms with E-state index in [2.05, 4.69) is 27.5 Å². The molecule has 1 aromatic carbocycles. The number of alkyl halides is 3. The first-order chi connectivity index (χ1) is 13.3. The average Bonchev–Trinajstić information content (AvgIpc) is 3.10. The van der Waals surface area contributed by atoms with E-state index in [-0.39, 0.29) is 17.3 Å². The van der Waals surface area contributed by atoms with E-state index in [9.17, 15) is 18.0 Å². The molecule has 4 bridgehead atoms. The lowest BCUT2D eigenvalue weighted by Crippen LogP contribution is -2.58. The van der Waals surface area contributed by atoms with Crippen LogP contribution in [0.25, 0.3) is 0 Å². The van der Waals surface area contributed by atoms with Gasteiger partial charge in [0.05, 0.1) is 5.41 Å². The first-order valence-electron chi connectivity index (χ1n) is 9.65. The molecule has 4 aliphatic carbocycles. The third kappa shape index (κ3) is 2.72. The van der Waals surface area contributed by atoms with Gasteiger partial charge in [-0.05, 0) is 61.3 Å². The van der Waals surface area contributed by atoms with Crippen LogP contribution in [0.5, 0.6) is 0 Å². The smallest absolute Gasteiger partial charge is 0.293 e. The van der Waals surface area contributed by atoms with Gasteiger partial charge in [-0.15, -0.1) is 5.10 Å². The summed E-state index contributed by atoms with van der Waals surface area (Å²) in [5.41, 5.74) is 0.705. The van der Waals surface area contributed by atoms with Crippen LogP contribution >= 0.6 is 0 Å². The van der Waals surface area contributed by atoms with Gasteiger partial charge in [-0.3, -0.25) is 15.2 Å². The fourth-order valence-electron chi connectivity index (χ4n) is 6.34. The third-order valence-electron chi connectivity index (χ3n) is 6.91. The predicted octanol–water partition coefficient (Wildman–Crippen LogP) is 4.30. The quantitative estimate of drug-likeness (QED) is 0.821. The first-order valence-corrected chi connectivity index (χ1v) is 9.65. The summed E-state index contributed by atoms with van der Waals surface area (Å²) in [4.78, 5) is 16.6. The number of aromatic amines is 1. The number of hydrogen-bond donors (Lipinski definition) is 2. The number of H-pyrrole nitrogens is 1. The topological polar surface area (TPSA) is 70.7 Å². The predicted molar refractivity (Wildman–Crippen MR) is 95.2 cm³/mol. The van der Waals surface area contributed by atoms with Gasteiger partial charge in [-0.2, -0.15) is 18.2 Å². The number of amides is 1. The Morgan fingerprint density at radius 1 is 1.11 bits per heavy atom. The van der Waals surface area contributed by atoms with Crippen molar-refractivity contribution in [2.45, 2.75) is 50.1 Å². The Kier molecular flexibility index (Phi) is 3.67. The molecule has 0 saturated heterocycles. The van der Waals surface area contributed by atoms with Crippen LogP contribution in [0.15, 0.2) is 30.3 Å². The highest BCUT2D eigenvalue weighted by atomic mass is 19.4. The monoisotopic (exact) mass is 390 g/mol. The van der Waals surface area contributed by atoms with Gasteiger partial charge < -0.3 is 0 Å². The number of aromatic nitrogens is 3. The lowest BCUT2D eigenvalue weighted by atomic mass is 9.42. The van der Waals surface area contributed by atoms with Crippen LogP contribution in [0.4, 0.5) is 19.1 Å². The van der Waals surface area contributed by atoms with Crippen molar-refractivity contribution < 1.29 is 18.0 Å². The molecule has 4 saturated carbocycles. The fourth-order valence-corrected chi connectivity index (χ4v) is 6.34. The van der Waals surface area contributed by atoms with E-state index in [0.717, 1.165) is 38.5 Å². The van der Waals surface area contributed by atoms with Gasteiger partial charge in [0.25, 0.3) is 0 Å². The van der Waals surface area contributed by atoms with Crippen molar-refractivity contribution in [2.75, 3.05) is 5.32 Å². The zero-order valence-electron chi connectivity index (χ0n) is 15.2. The molecular weight excluding hydrogens is 369 g/mol. The van der Waals surface area contributed by atoms with Gasteiger partial charge in [0, 0.05) is 0 Å². The van der Waals surface area contributed by atoms with Crippen LogP contribution in [0.1, 0.15) is 49.9 Å². The Morgan fingerprint density at radius 2 is 1.79 bits per heavy atom. The summed E-state index contributed by atoms with van der Waals surface area (Å²) in [5.74, 6) is -0.791. The Morgan fingerprint density at radius 3 is 2.39 bits per heavy atom. The van der Waals surface area contributed by atoms with E-state index in [0.29, 0.717) is 11.8 Å².